The summed E-state index contributed by atoms with van der Waals surface area (Å²) >= 11 is 0. The van der Waals surface area contributed by atoms with Gasteiger partial charge in [0, 0.05) is 38.0 Å². The van der Waals surface area contributed by atoms with Crippen molar-refractivity contribution < 1.29 is 13.9 Å². The van der Waals surface area contributed by atoms with Crippen molar-refractivity contribution in [3.05, 3.63) is 65.5 Å². The van der Waals surface area contributed by atoms with Crippen molar-refractivity contribution >= 4 is 11.6 Å². The zero-order valence-corrected chi connectivity index (χ0v) is 16.3. The minimum Gasteiger partial charge on any atom is -0.381 e. The molecular weight excluding hydrogens is 355 g/mol. The third-order valence-corrected chi connectivity index (χ3v) is 6.19. The molecule has 148 valence electrons. The van der Waals surface area contributed by atoms with E-state index in [0.29, 0.717) is 32.6 Å². The Hall–Kier alpha value is -2.40. The topological polar surface area (TPSA) is 41.6 Å². The highest BCUT2D eigenvalue weighted by Gasteiger charge is 2.41. The summed E-state index contributed by atoms with van der Waals surface area (Å²) in [4.78, 5) is 15.7. The van der Waals surface area contributed by atoms with Gasteiger partial charge in [-0.3, -0.25) is 4.79 Å². The number of hydrogen-bond donors (Lipinski definition) is 1. The molecule has 1 unspecified atom stereocenters. The first kappa shape index (κ1) is 18.9. The molecule has 2 aromatic carbocycles. The third-order valence-electron chi connectivity index (χ3n) is 6.19. The monoisotopic (exact) mass is 382 g/mol. The van der Waals surface area contributed by atoms with Crippen molar-refractivity contribution in [3.63, 3.8) is 0 Å². The van der Waals surface area contributed by atoms with Gasteiger partial charge in [-0.05, 0) is 55.5 Å². The van der Waals surface area contributed by atoms with Gasteiger partial charge in [0.25, 0.3) is 0 Å². The van der Waals surface area contributed by atoms with Crippen LogP contribution in [0.15, 0.2) is 48.5 Å². The highest BCUT2D eigenvalue weighted by Crippen LogP contribution is 2.35. The summed E-state index contributed by atoms with van der Waals surface area (Å²) < 4.78 is 18.9. The number of benzene rings is 2. The van der Waals surface area contributed by atoms with Crippen LogP contribution in [0.25, 0.3) is 0 Å². The molecule has 4 nitrogen and oxygen atoms in total. The van der Waals surface area contributed by atoms with Gasteiger partial charge in [0.2, 0.25) is 5.91 Å². The third kappa shape index (κ3) is 3.51. The van der Waals surface area contributed by atoms with Gasteiger partial charge in [0.05, 0.1) is 5.41 Å². The van der Waals surface area contributed by atoms with Crippen molar-refractivity contribution in [3.8, 4) is 0 Å². The van der Waals surface area contributed by atoms with Crippen molar-refractivity contribution in [1.29, 1.82) is 0 Å². The molecule has 1 atom stereocenters. The minimum absolute atomic E-state index is 0.0155. The number of amides is 1. The number of anilines is 1. The van der Waals surface area contributed by atoms with Crippen LogP contribution in [0.3, 0.4) is 0 Å². The number of rotatable bonds is 5. The molecule has 0 aliphatic carbocycles. The number of fused-ring (bicyclic) bond motifs is 1. The second-order valence-corrected chi connectivity index (χ2v) is 7.83. The van der Waals surface area contributed by atoms with Crippen LogP contribution in [0.1, 0.15) is 30.9 Å². The van der Waals surface area contributed by atoms with Gasteiger partial charge < -0.3 is 15.0 Å². The smallest absolute Gasteiger partial charge is 0.230 e. The maximum Gasteiger partial charge on any atom is 0.230 e. The number of carbonyl (C=O) groups excluding carboxylic acids is 1. The molecule has 2 aliphatic rings. The lowest BCUT2D eigenvalue weighted by atomic mass is 9.73. The maximum atomic E-state index is 13.4. The highest BCUT2D eigenvalue weighted by molar-refractivity contribution is 5.88. The van der Waals surface area contributed by atoms with E-state index in [1.54, 1.807) is 12.1 Å². The SMILES string of the molecule is CC(CNC(=O)C1(c2ccc(F)cc2)CCOCC1)N1CCc2ccccc21. The van der Waals surface area contributed by atoms with E-state index in [4.69, 9.17) is 4.74 Å². The Kier molecular flexibility index (Phi) is 5.36. The number of ether oxygens (including phenoxy) is 1. The summed E-state index contributed by atoms with van der Waals surface area (Å²) in [6, 6.07) is 15.0. The summed E-state index contributed by atoms with van der Waals surface area (Å²) in [6.07, 6.45) is 2.28. The molecule has 0 bridgehead atoms. The summed E-state index contributed by atoms with van der Waals surface area (Å²) in [5.74, 6) is -0.269. The number of para-hydroxylation sites is 1. The molecule has 2 heterocycles. The molecule has 1 N–H and O–H groups in total. The molecule has 1 saturated heterocycles. The fourth-order valence-electron chi connectivity index (χ4n) is 4.48. The average molecular weight is 382 g/mol. The molecular formula is C23H27FN2O2. The van der Waals surface area contributed by atoms with Crippen LogP contribution in [0.5, 0.6) is 0 Å². The normalized spacial score (nSPS) is 19.1. The first-order chi connectivity index (χ1) is 13.6. The predicted molar refractivity (Wildman–Crippen MR) is 108 cm³/mol. The van der Waals surface area contributed by atoms with Crippen LogP contribution in [-0.2, 0) is 21.4 Å². The first-order valence-electron chi connectivity index (χ1n) is 10.1. The van der Waals surface area contributed by atoms with E-state index in [2.05, 4.69) is 41.4 Å². The largest absolute Gasteiger partial charge is 0.381 e. The lowest BCUT2D eigenvalue weighted by molar-refractivity contribution is -0.130. The quantitative estimate of drug-likeness (QED) is 0.861. The van der Waals surface area contributed by atoms with Gasteiger partial charge >= 0.3 is 0 Å². The van der Waals surface area contributed by atoms with Crippen LogP contribution in [0.4, 0.5) is 10.1 Å². The Balaban J connectivity index is 1.47. The van der Waals surface area contributed by atoms with Crippen molar-refractivity contribution in [2.45, 2.75) is 37.6 Å². The lowest BCUT2D eigenvalue weighted by Crippen LogP contribution is -2.51. The zero-order chi connectivity index (χ0) is 19.6. The number of nitrogens with one attached hydrogen (secondary N) is 1. The molecule has 1 amide bonds. The molecule has 2 aromatic rings. The standard InChI is InChI=1S/C23H27FN2O2/c1-17(26-13-10-18-4-2-3-5-21(18)26)16-25-22(27)23(11-14-28-15-12-23)19-6-8-20(24)9-7-19/h2-9,17H,10-16H2,1H3,(H,25,27). The number of nitrogens with zero attached hydrogens (tertiary/aromatic N) is 1. The Bertz CT molecular complexity index is 831. The van der Waals surface area contributed by atoms with E-state index in [1.807, 2.05) is 0 Å². The van der Waals surface area contributed by atoms with Crippen LogP contribution in [0.2, 0.25) is 0 Å². The zero-order valence-electron chi connectivity index (χ0n) is 16.3. The Morgan fingerprint density at radius 1 is 1.18 bits per heavy atom. The second kappa shape index (κ2) is 7.92. The van der Waals surface area contributed by atoms with Crippen LogP contribution in [0, 0.1) is 5.82 Å². The summed E-state index contributed by atoms with van der Waals surface area (Å²) in [7, 11) is 0. The van der Waals surface area contributed by atoms with E-state index >= 15 is 0 Å². The molecule has 0 saturated carbocycles. The summed E-state index contributed by atoms with van der Waals surface area (Å²) in [5, 5.41) is 3.18. The maximum absolute atomic E-state index is 13.4. The molecule has 0 spiro atoms. The van der Waals surface area contributed by atoms with Crippen molar-refractivity contribution in [1.82, 2.24) is 5.32 Å². The van der Waals surface area contributed by atoms with Crippen LogP contribution >= 0.6 is 0 Å². The van der Waals surface area contributed by atoms with E-state index in [9.17, 15) is 9.18 Å². The fraction of sp³-hybridized carbons (Fsp3) is 0.435. The minimum atomic E-state index is -0.644. The van der Waals surface area contributed by atoms with E-state index in [-0.39, 0.29) is 17.8 Å². The molecule has 28 heavy (non-hydrogen) atoms. The lowest BCUT2D eigenvalue weighted by Gasteiger charge is -2.37. The van der Waals surface area contributed by atoms with Gasteiger partial charge in [-0.2, -0.15) is 0 Å². The van der Waals surface area contributed by atoms with Gasteiger partial charge in [-0.1, -0.05) is 30.3 Å². The molecule has 0 aromatic heterocycles. The van der Waals surface area contributed by atoms with Crippen molar-refractivity contribution in [2.75, 3.05) is 31.2 Å². The van der Waals surface area contributed by atoms with Gasteiger partial charge in [-0.15, -0.1) is 0 Å². The molecule has 4 rings (SSSR count). The predicted octanol–water partition coefficient (Wildman–Crippen LogP) is 3.44. The van der Waals surface area contributed by atoms with E-state index in [1.165, 1.54) is 23.4 Å². The number of halogens is 1. The number of carbonyl (C=O) groups is 1. The number of hydrogen-bond acceptors (Lipinski definition) is 3. The Morgan fingerprint density at radius 2 is 1.89 bits per heavy atom. The molecule has 5 heteroatoms. The van der Waals surface area contributed by atoms with Gasteiger partial charge in [0.1, 0.15) is 5.82 Å². The molecule has 0 radical (unpaired) electrons. The Labute approximate surface area is 165 Å². The van der Waals surface area contributed by atoms with E-state index in [0.717, 1.165) is 18.5 Å². The highest BCUT2D eigenvalue weighted by atomic mass is 19.1. The summed E-state index contributed by atoms with van der Waals surface area (Å²) in [6.45, 7) is 4.79. The van der Waals surface area contributed by atoms with Crippen LogP contribution in [-0.4, -0.2) is 38.3 Å². The first-order valence-corrected chi connectivity index (χ1v) is 10.1. The van der Waals surface area contributed by atoms with Gasteiger partial charge in [0.15, 0.2) is 0 Å². The Morgan fingerprint density at radius 3 is 2.64 bits per heavy atom. The van der Waals surface area contributed by atoms with Gasteiger partial charge in [-0.25, -0.2) is 4.39 Å². The second-order valence-electron chi connectivity index (χ2n) is 7.83. The molecule has 1 fully saturated rings. The van der Waals surface area contributed by atoms with E-state index < -0.39 is 5.41 Å². The van der Waals surface area contributed by atoms with Crippen LogP contribution < -0.4 is 10.2 Å². The van der Waals surface area contributed by atoms with Crippen molar-refractivity contribution in [2.24, 2.45) is 0 Å². The average Bonchev–Trinajstić information content (AvgIpc) is 3.17. The summed E-state index contributed by atoms with van der Waals surface area (Å²) in [5.41, 5.74) is 2.86. The molecule has 2 aliphatic heterocycles. The fourth-order valence-corrected chi connectivity index (χ4v) is 4.48.